The van der Waals surface area contributed by atoms with Crippen molar-refractivity contribution in [3.63, 3.8) is 0 Å². The van der Waals surface area contributed by atoms with Crippen molar-refractivity contribution in [1.29, 1.82) is 0 Å². The summed E-state index contributed by atoms with van der Waals surface area (Å²) in [6, 6.07) is 13.0. The summed E-state index contributed by atoms with van der Waals surface area (Å²) in [6.07, 6.45) is 0.196. The molecule has 2 aromatic rings. The van der Waals surface area contributed by atoms with E-state index in [2.05, 4.69) is 15.5 Å². The van der Waals surface area contributed by atoms with Crippen LogP contribution in [-0.4, -0.2) is 118 Å². The minimum atomic E-state index is -0.167. The van der Waals surface area contributed by atoms with Crippen LogP contribution in [0.5, 0.6) is 5.75 Å². The lowest BCUT2D eigenvalue weighted by atomic mass is 10.1. The maximum absolute atomic E-state index is 13.2. The van der Waals surface area contributed by atoms with E-state index < -0.39 is 0 Å². The van der Waals surface area contributed by atoms with Crippen LogP contribution in [0.4, 0.5) is 16.2 Å². The predicted octanol–water partition coefficient (Wildman–Crippen LogP) is 1.50. The number of methoxy groups -OCH3 is 1. The second kappa shape index (κ2) is 13.0. The molecule has 0 radical (unpaired) electrons. The number of urea groups is 1. The van der Waals surface area contributed by atoms with E-state index in [1.54, 1.807) is 13.2 Å². The zero-order valence-electron chi connectivity index (χ0n) is 23.1. The van der Waals surface area contributed by atoms with E-state index in [9.17, 15) is 14.4 Å². The van der Waals surface area contributed by atoms with E-state index in [0.717, 1.165) is 30.1 Å². The molecule has 3 heterocycles. The summed E-state index contributed by atoms with van der Waals surface area (Å²) in [4.78, 5) is 47.1. The van der Waals surface area contributed by atoms with Gasteiger partial charge in [-0.15, -0.1) is 0 Å². The molecule has 3 aliphatic rings. The molecule has 0 aromatic heterocycles. The number of nitrogens with zero attached hydrogens (tertiary/aromatic N) is 4. The van der Waals surface area contributed by atoms with E-state index in [1.807, 2.05) is 51.1 Å². The van der Waals surface area contributed by atoms with Crippen LogP contribution in [0.1, 0.15) is 15.9 Å². The van der Waals surface area contributed by atoms with Gasteiger partial charge >= 0.3 is 6.03 Å². The Morgan fingerprint density at radius 1 is 0.850 bits per heavy atom. The number of anilines is 2. The number of hydrogen-bond donors (Lipinski definition) is 2. The number of piperazine rings is 2. The van der Waals surface area contributed by atoms with Gasteiger partial charge in [-0.1, -0.05) is 12.1 Å². The Balaban J connectivity index is 1.31. The fraction of sp³-hybridized carbons (Fsp3) is 0.483. The second-order valence-corrected chi connectivity index (χ2v) is 10.2. The minimum Gasteiger partial charge on any atom is -0.497 e. The number of hydrogen-bond acceptors (Lipinski definition) is 7. The summed E-state index contributed by atoms with van der Waals surface area (Å²) in [5.74, 6) is 0.524. The Labute approximate surface area is 235 Å². The van der Waals surface area contributed by atoms with Crippen LogP contribution in [0, 0.1) is 0 Å². The topological polar surface area (TPSA) is 107 Å². The molecule has 2 aromatic carbocycles. The quantitative estimate of drug-likeness (QED) is 0.562. The van der Waals surface area contributed by atoms with E-state index in [4.69, 9.17) is 9.47 Å². The summed E-state index contributed by atoms with van der Waals surface area (Å²) in [6.45, 7) is 7.63. The smallest absolute Gasteiger partial charge is 0.320 e. The Morgan fingerprint density at radius 2 is 1.52 bits per heavy atom. The van der Waals surface area contributed by atoms with Crippen LogP contribution in [-0.2, 0) is 16.0 Å². The van der Waals surface area contributed by atoms with E-state index in [-0.39, 0.29) is 24.3 Å². The molecule has 0 aliphatic carbocycles. The number of carbonyl (C=O) groups excluding carboxylic acids is 3. The Morgan fingerprint density at radius 3 is 2.20 bits per heavy atom. The SMILES string of the molecule is COc1ccc(CC(=O)Nc2cc(C(=O)N3CCNCC3)ccc2N2CCN(C(=O)N3CCOCC3)CC2)cc1. The van der Waals surface area contributed by atoms with Crippen molar-refractivity contribution in [2.24, 2.45) is 0 Å². The summed E-state index contributed by atoms with van der Waals surface area (Å²) in [5, 5.41) is 6.34. The lowest BCUT2D eigenvalue weighted by Gasteiger charge is -2.40. The average molecular weight is 551 g/mol. The van der Waals surface area contributed by atoms with Gasteiger partial charge in [-0.25, -0.2) is 4.79 Å². The molecule has 0 unspecified atom stereocenters. The highest BCUT2D eigenvalue weighted by Crippen LogP contribution is 2.29. The number of rotatable bonds is 6. The van der Waals surface area contributed by atoms with Crippen molar-refractivity contribution >= 4 is 29.2 Å². The Kier molecular flexibility index (Phi) is 9.02. The Hall–Kier alpha value is -3.83. The Bertz CT molecular complexity index is 1190. The third-order valence-electron chi connectivity index (χ3n) is 7.62. The fourth-order valence-corrected chi connectivity index (χ4v) is 5.31. The summed E-state index contributed by atoms with van der Waals surface area (Å²) >= 11 is 0. The third kappa shape index (κ3) is 6.65. The van der Waals surface area contributed by atoms with Gasteiger partial charge in [-0.05, 0) is 35.9 Å². The highest BCUT2D eigenvalue weighted by Gasteiger charge is 2.28. The van der Waals surface area contributed by atoms with Crippen molar-refractivity contribution in [1.82, 2.24) is 20.0 Å². The number of morpholine rings is 1. The molecule has 11 heteroatoms. The molecule has 0 bridgehead atoms. The lowest BCUT2D eigenvalue weighted by molar-refractivity contribution is -0.115. The van der Waals surface area contributed by atoms with Gasteiger partial charge in [0.15, 0.2) is 0 Å². The van der Waals surface area contributed by atoms with Gasteiger partial charge in [0.1, 0.15) is 5.75 Å². The molecule has 3 aliphatic heterocycles. The van der Waals surface area contributed by atoms with E-state index >= 15 is 0 Å². The fourth-order valence-electron chi connectivity index (χ4n) is 5.31. The van der Waals surface area contributed by atoms with Gasteiger partial charge in [-0.2, -0.15) is 0 Å². The van der Waals surface area contributed by atoms with Crippen molar-refractivity contribution in [3.05, 3.63) is 53.6 Å². The summed E-state index contributed by atoms with van der Waals surface area (Å²) in [7, 11) is 1.61. The molecule has 5 rings (SSSR count). The highest BCUT2D eigenvalue weighted by molar-refractivity contribution is 6.00. The molecule has 3 fully saturated rings. The highest BCUT2D eigenvalue weighted by atomic mass is 16.5. The molecular formula is C29H38N6O5. The summed E-state index contributed by atoms with van der Waals surface area (Å²) < 4.78 is 10.6. The molecule has 11 nitrogen and oxygen atoms in total. The molecular weight excluding hydrogens is 512 g/mol. The predicted molar refractivity (Wildman–Crippen MR) is 152 cm³/mol. The third-order valence-corrected chi connectivity index (χ3v) is 7.62. The van der Waals surface area contributed by atoms with Gasteiger partial charge < -0.3 is 39.7 Å². The first-order chi connectivity index (χ1) is 19.5. The summed E-state index contributed by atoms with van der Waals surface area (Å²) in [5.41, 5.74) is 2.86. The van der Waals surface area contributed by atoms with Crippen molar-refractivity contribution in [3.8, 4) is 5.75 Å². The molecule has 0 saturated carbocycles. The number of carbonyl (C=O) groups is 3. The van der Waals surface area contributed by atoms with Crippen LogP contribution >= 0.6 is 0 Å². The number of amides is 4. The molecule has 2 N–H and O–H groups in total. The molecule has 0 spiro atoms. The molecule has 214 valence electrons. The van der Waals surface area contributed by atoms with Crippen molar-refractivity contribution in [2.75, 3.05) is 96.0 Å². The van der Waals surface area contributed by atoms with Crippen molar-refractivity contribution < 1.29 is 23.9 Å². The lowest BCUT2D eigenvalue weighted by Crippen LogP contribution is -2.55. The van der Waals surface area contributed by atoms with Gasteiger partial charge in [-0.3, -0.25) is 9.59 Å². The number of benzene rings is 2. The minimum absolute atomic E-state index is 0.0420. The van der Waals surface area contributed by atoms with Gasteiger partial charge in [0.25, 0.3) is 5.91 Å². The van der Waals surface area contributed by atoms with Crippen LogP contribution in [0.15, 0.2) is 42.5 Å². The number of nitrogens with one attached hydrogen (secondary N) is 2. The zero-order chi connectivity index (χ0) is 27.9. The molecule has 0 atom stereocenters. The first-order valence-electron chi connectivity index (χ1n) is 13.9. The van der Waals surface area contributed by atoms with E-state index in [1.165, 1.54) is 0 Å². The van der Waals surface area contributed by atoms with E-state index in [0.29, 0.717) is 76.8 Å². The second-order valence-electron chi connectivity index (χ2n) is 10.2. The van der Waals surface area contributed by atoms with Crippen LogP contribution in [0.25, 0.3) is 0 Å². The molecule has 4 amide bonds. The maximum atomic E-state index is 13.2. The number of ether oxygens (including phenoxy) is 2. The van der Waals surface area contributed by atoms with Crippen LogP contribution < -0.4 is 20.3 Å². The zero-order valence-corrected chi connectivity index (χ0v) is 23.1. The van der Waals surface area contributed by atoms with Gasteiger partial charge in [0, 0.05) is 71.0 Å². The standard InChI is InChI=1S/C29H38N6O5/c1-39-24-5-2-22(3-6-24)20-27(36)31-25-21-23(28(37)33-10-8-30-9-11-33)4-7-26(25)32-12-14-34(15-13-32)29(38)35-16-18-40-19-17-35/h2-7,21,30H,8-20H2,1H3,(H,31,36). The molecule has 3 saturated heterocycles. The van der Waals surface area contributed by atoms with Gasteiger partial charge in [0.2, 0.25) is 5.91 Å². The first kappa shape index (κ1) is 27.7. The maximum Gasteiger partial charge on any atom is 0.320 e. The van der Waals surface area contributed by atoms with Gasteiger partial charge in [0.05, 0.1) is 38.1 Å². The normalized spacial score (nSPS) is 17.9. The first-order valence-corrected chi connectivity index (χ1v) is 13.9. The monoisotopic (exact) mass is 550 g/mol. The van der Waals surface area contributed by atoms with Crippen molar-refractivity contribution in [2.45, 2.75) is 6.42 Å². The molecule has 40 heavy (non-hydrogen) atoms. The van der Waals surface area contributed by atoms with Crippen LogP contribution in [0.2, 0.25) is 0 Å². The largest absolute Gasteiger partial charge is 0.497 e. The average Bonchev–Trinajstić information content (AvgIpc) is 3.01. The van der Waals surface area contributed by atoms with Crippen LogP contribution in [0.3, 0.4) is 0 Å².